The normalized spacial score (nSPS) is 14.7. The number of benzene rings is 2. The number of amides is 1. The Hall–Kier alpha value is -2.97. The summed E-state index contributed by atoms with van der Waals surface area (Å²) in [5.41, 5.74) is 2.61. The fourth-order valence-corrected chi connectivity index (χ4v) is 5.15. The van der Waals surface area contributed by atoms with E-state index < -0.39 is 5.97 Å². The van der Waals surface area contributed by atoms with E-state index in [1.807, 2.05) is 36.4 Å². The van der Waals surface area contributed by atoms with E-state index in [-0.39, 0.29) is 19.1 Å². The molecule has 0 saturated carbocycles. The molecule has 0 radical (unpaired) electrons. The quantitative estimate of drug-likeness (QED) is 0.374. The molecule has 1 aliphatic heterocycles. The number of rotatable bonds is 9. The van der Waals surface area contributed by atoms with Crippen LogP contribution < -0.4 is 5.32 Å². The molecule has 0 atom stereocenters. The fraction of sp³-hybridized carbons (Fsp3) is 0.286. The molecule has 2 heterocycles. The zero-order valence-corrected chi connectivity index (χ0v) is 21.9. The van der Waals surface area contributed by atoms with Gasteiger partial charge in [0, 0.05) is 42.6 Å². The van der Waals surface area contributed by atoms with Crippen LogP contribution in [0.15, 0.2) is 66.7 Å². The molecule has 0 unspecified atom stereocenters. The van der Waals surface area contributed by atoms with E-state index in [1.54, 1.807) is 19.1 Å². The van der Waals surface area contributed by atoms with Crippen molar-refractivity contribution in [2.45, 2.75) is 6.92 Å². The molecular formula is C28H30ClN3O3S. The molecule has 1 amide bonds. The second-order valence-electron chi connectivity index (χ2n) is 8.52. The van der Waals surface area contributed by atoms with Crippen molar-refractivity contribution >= 4 is 46.6 Å². The fourth-order valence-electron chi connectivity index (χ4n) is 4.01. The topological polar surface area (TPSA) is 61.9 Å². The highest BCUT2D eigenvalue weighted by Gasteiger charge is 2.22. The SMILES string of the molecule is CCOC(=O)c1sc(-c2ccc(Cl)cc2)cc1NC(=O)CN1CCN(CC=Cc2ccccc2)CC1. The zero-order chi connectivity index (χ0) is 25.3. The molecule has 4 rings (SSSR count). The number of nitrogens with one attached hydrogen (secondary N) is 1. The third-order valence-corrected chi connectivity index (χ3v) is 7.32. The van der Waals surface area contributed by atoms with Crippen molar-refractivity contribution in [2.24, 2.45) is 0 Å². The molecule has 188 valence electrons. The van der Waals surface area contributed by atoms with Crippen LogP contribution >= 0.6 is 22.9 Å². The summed E-state index contributed by atoms with van der Waals surface area (Å²) >= 11 is 7.31. The van der Waals surface area contributed by atoms with Crippen LogP contribution in [0.2, 0.25) is 5.02 Å². The van der Waals surface area contributed by atoms with Crippen molar-refractivity contribution in [3.63, 3.8) is 0 Å². The van der Waals surface area contributed by atoms with Gasteiger partial charge in [0.25, 0.3) is 0 Å². The average molecular weight is 524 g/mol. The Labute approximate surface area is 221 Å². The maximum Gasteiger partial charge on any atom is 0.350 e. The highest BCUT2D eigenvalue weighted by Crippen LogP contribution is 2.36. The molecule has 36 heavy (non-hydrogen) atoms. The van der Waals surface area contributed by atoms with Crippen molar-refractivity contribution in [1.29, 1.82) is 0 Å². The summed E-state index contributed by atoms with van der Waals surface area (Å²) in [6, 6.07) is 19.5. The van der Waals surface area contributed by atoms with Gasteiger partial charge in [0.15, 0.2) is 0 Å². The first-order chi connectivity index (χ1) is 17.5. The summed E-state index contributed by atoms with van der Waals surface area (Å²) in [4.78, 5) is 31.2. The van der Waals surface area contributed by atoms with Gasteiger partial charge in [-0.3, -0.25) is 14.6 Å². The Balaban J connectivity index is 1.32. The van der Waals surface area contributed by atoms with Gasteiger partial charge >= 0.3 is 5.97 Å². The van der Waals surface area contributed by atoms with E-state index in [2.05, 4.69) is 39.4 Å². The number of hydrogen-bond donors (Lipinski definition) is 1. The molecule has 1 saturated heterocycles. The van der Waals surface area contributed by atoms with E-state index in [9.17, 15) is 9.59 Å². The molecule has 3 aromatic rings. The number of piperazine rings is 1. The number of ether oxygens (including phenoxy) is 1. The lowest BCUT2D eigenvalue weighted by Crippen LogP contribution is -2.48. The second-order valence-corrected chi connectivity index (χ2v) is 10.0. The number of anilines is 1. The summed E-state index contributed by atoms with van der Waals surface area (Å²) in [5.74, 6) is -0.575. The van der Waals surface area contributed by atoms with Crippen LogP contribution in [0.5, 0.6) is 0 Å². The van der Waals surface area contributed by atoms with Crippen LogP contribution in [0.4, 0.5) is 5.69 Å². The first-order valence-electron chi connectivity index (χ1n) is 12.0. The van der Waals surface area contributed by atoms with Crippen LogP contribution in [0.1, 0.15) is 22.2 Å². The Kier molecular flexibility index (Phi) is 9.30. The van der Waals surface area contributed by atoms with Gasteiger partial charge in [-0.2, -0.15) is 0 Å². The lowest BCUT2D eigenvalue weighted by molar-refractivity contribution is -0.117. The van der Waals surface area contributed by atoms with E-state index in [1.165, 1.54) is 16.9 Å². The molecule has 0 aliphatic carbocycles. The van der Waals surface area contributed by atoms with Gasteiger partial charge in [-0.25, -0.2) is 4.79 Å². The minimum Gasteiger partial charge on any atom is -0.462 e. The molecule has 1 fully saturated rings. The van der Waals surface area contributed by atoms with E-state index in [0.717, 1.165) is 43.2 Å². The van der Waals surface area contributed by atoms with E-state index >= 15 is 0 Å². The Morgan fingerprint density at radius 2 is 1.72 bits per heavy atom. The van der Waals surface area contributed by atoms with Crippen molar-refractivity contribution in [3.8, 4) is 10.4 Å². The van der Waals surface area contributed by atoms with Crippen molar-refractivity contribution in [2.75, 3.05) is 51.2 Å². The zero-order valence-electron chi connectivity index (χ0n) is 20.3. The van der Waals surface area contributed by atoms with Gasteiger partial charge < -0.3 is 10.1 Å². The monoisotopic (exact) mass is 523 g/mol. The number of halogens is 1. The minimum absolute atomic E-state index is 0.140. The predicted molar refractivity (Wildman–Crippen MR) is 148 cm³/mol. The van der Waals surface area contributed by atoms with Gasteiger partial charge in [0.1, 0.15) is 4.88 Å². The van der Waals surface area contributed by atoms with Gasteiger partial charge in [-0.1, -0.05) is 66.2 Å². The molecule has 1 aromatic heterocycles. The smallest absolute Gasteiger partial charge is 0.350 e. The summed E-state index contributed by atoms with van der Waals surface area (Å²) in [5, 5.41) is 3.58. The van der Waals surface area contributed by atoms with Crippen LogP contribution in [0.3, 0.4) is 0 Å². The van der Waals surface area contributed by atoms with E-state index in [0.29, 0.717) is 15.6 Å². The van der Waals surface area contributed by atoms with Gasteiger partial charge in [-0.05, 0) is 36.2 Å². The molecule has 0 bridgehead atoms. The number of carbonyl (C=O) groups excluding carboxylic acids is 2. The van der Waals surface area contributed by atoms with Crippen molar-refractivity contribution < 1.29 is 14.3 Å². The Morgan fingerprint density at radius 1 is 1.03 bits per heavy atom. The number of nitrogens with zero attached hydrogens (tertiary/aromatic N) is 2. The first kappa shape index (κ1) is 26.1. The lowest BCUT2D eigenvalue weighted by atomic mass is 10.2. The highest BCUT2D eigenvalue weighted by molar-refractivity contribution is 7.18. The molecule has 8 heteroatoms. The summed E-state index contributed by atoms with van der Waals surface area (Å²) in [6.45, 7) is 6.64. The molecule has 2 aromatic carbocycles. The standard InChI is InChI=1S/C28H30ClN3O3S/c1-2-35-28(34)27-24(19-25(36-27)22-10-12-23(29)13-11-22)30-26(33)20-32-17-15-31(16-18-32)14-6-9-21-7-4-3-5-8-21/h3-13,19H,2,14-18,20H2,1H3,(H,30,33). The number of carbonyl (C=O) groups is 2. The molecular weight excluding hydrogens is 494 g/mol. The van der Waals surface area contributed by atoms with Gasteiger partial charge in [0.05, 0.1) is 18.8 Å². The highest BCUT2D eigenvalue weighted by atomic mass is 35.5. The molecule has 1 N–H and O–H groups in total. The third-order valence-electron chi connectivity index (χ3n) is 5.90. The van der Waals surface area contributed by atoms with Crippen molar-refractivity contribution in [1.82, 2.24) is 9.80 Å². The van der Waals surface area contributed by atoms with Gasteiger partial charge in [0.2, 0.25) is 5.91 Å². The molecule has 0 spiro atoms. The molecule has 6 nitrogen and oxygen atoms in total. The number of thiophene rings is 1. The van der Waals surface area contributed by atoms with Gasteiger partial charge in [-0.15, -0.1) is 11.3 Å². The Morgan fingerprint density at radius 3 is 2.42 bits per heavy atom. The lowest BCUT2D eigenvalue weighted by Gasteiger charge is -2.33. The van der Waals surface area contributed by atoms with Crippen LogP contribution in [0, 0.1) is 0 Å². The molecule has 1 aliphatic rings. The summed E-state index contributed by atoms with van der Waals surface area (Å²) < 4.78 is 5.22. The third kappa shape index (κ3) is 7.27. The maximum atomic E-state index is 12.9. The predicted octanol–water partition coefficient (Wildman–Crippen LogP) is 5.51. The largest absolute Gasteiger partial charge is 0.462 e. The van der Waals surface area contributed by atoms with Crippen LogP contribution in [0.25, 0.3) is 16.5 Å². The summed E-state index contributed by atoms with van der Waals surface area (Å²) in [6.07, 6.45) is 4.32. The summed E-state index contributed by atoms with van der Waals surface area (Å²) in [7, 11) is 0. The minimum atomic E-state index is -0.435. The first-order valence-corrected chi connectivity index (χ1v) is 13.2. The van der Waals surface area contributed by atoms with Crippen LogP contribution in [-0.2, 0) is 9.53 Å². The second kappa shape index (κ2) is 12.8. The van der Waals surface area contributed by atoms with Crippen LogP contribution in [-0.4, -0.2) is 67.6 Å². The maximum absolute atomic E-state index is 12.9. The van der Waals surface area contributed by atoms with E-state index in [4.69, 9.17) is 16.3 Å². The average Bonchev–Trinajstić information content (AvgIpc) is 3.30. The number of esters is 1. The number of hydrogen-bond acceptors (Lipinski definition) is 6. The van der Waals surface area contributed by atoms with Crippen molar-refractivity contribution in [3.05, 3.63) is 82.2 Å². The Bertz CT molecular complexity index is 1190.